The van der Waals surface area contributed by atoms with Crippen molar-refractivity contribution in [2.24, 2.45) is 0 Å². The molecule has 0 saturated heterocycles. The molecule has 1 unspecified atom stereocenters. The second-order valence-corrected chi connectivity index (χ2v) is 4.19. The highest BCUT2D eigenvalue weighted by atomic mass is 16.4. The molecule has 0 aliphatic heterocycles. The first-order chi connectivity index (χ1) is 9.49. The lowest BCUT2D eigenvalue weighted by atomic mass is 10.2. The Hall–Kier alpha value is -2.77. The molecule has 2 N–H and O–H groups in total. The highest BCUT2D eigenvalue weighted by molar-refractivity contribution is 5.82. The molecule has 1 atom stereocenters. The number of carboxylic acids is 1. The maximum atomic E-state index is 12.1. The molecule has 0 saturated carbocycles. The molecule has 0 fully saturated rings. The second kappa shape index (κ2) is 5.47. The molecule has 1 aromatic carbocycles. The molecule has 1 aromatic heterocycles. The molecule has 0 spiro atoms. The van der Waals surface area contributed by atoms with Crippen molar-refractivity contribution >= 4 is 22.8 Å². The number of fused-ring (bicyclic) bond motifs is 1. The Morgan fingerprint density at radius 1 is 1.40 bits per heavy atom. The fraction of sp³-hybridized carbons (Fsp3) is 0.250. The molecule has 104 valence electrons. The Morgan fingerprint density at radius 2 is 2.10 bits per heavy atom. The molecule has 2 rings (SSSR count). The lowest BCUT2D eigenvalue weighted by Gasteiger charge is -2.13. The van der Waals surface area contributed by atoms with Gasteiger partial charge in [0.2, 0.25) is 5.91 Å². The van der Waals surface area contributed by atoms with Gasteiger partial charge in [0.1, 0.15) is 11.6 Å². The molecule has 8 nitrogen and oxygen atoms in total. The first-order valence-corrected chi connectivity index (χ1v) is 5.81. The molecule has 8 heteroatoms. The van der Waals surface area contributed by atoms with Gasteiger partial charge in [-0.1, -0.05) is 17.3 Å². The minimum Gasteiger partial charge on any atom is -0.480 e. The number of aromatic nitrogens is 3. The Kier molecular flexibility index (Phi) is 3.74. The minimum atomic E-state index is -1.25. The Labute approximate surface area is 113 Å². The first-order valence-electron chi connectivity index (χ1n) is 5.81. The normalized spacial score (nSPS) is 12.1. The van der Waals surface area contributed by atoms with Crippen LogP contribution >= 0.6 is 0 Å². The van der Waals surface area contributed by atoms with Gasteiger partial charge in [0.05, 0.1) is 11.9 Å². The third-order valence-electron chi connectivity index (χ3n) is 2.66. The maximum absolute atomic E-state index is 12.1. The number of nitrogens with zero attached hydrogens (tertiary/aromatic N) is 3. The van der Waals surface area contributed by atoms with E-state index in [2.05, 4.69) is 15.6 Å². The highest BCUT2D eigenvalue weighted by Crippen LogP contribution is 2.03. The van der Waals surface area contributed by atoms with Crippen molar-refractivity contribution in [1.82, 2.24) is 20.3 Å². The summed E-state index contributed by atoms with van der Waals surface area (Å²) in [6, 6.07) is 5.38. The van der Waals surface area contributed by atoms with Gasteiger partial charge in [-0.25, -0.2) is 9.48 Å². The van der Waals surface area contributed by atoms with Crippen LogP contribution in [0, 0.1) is 0 Å². The van der Waals surface area contributed by atoms with Crippen molar-refractivity contribution in [3.05, 3.63) is 34.6 Å². The average molecular weight is 276 g/mol. The molecule has 2 aromatic rings. The predicted octanol–water partition coefficient (Wildman–Crippen LogP) is -0.619. The minimum absolute atomic E-state index is 0.286. The van der Waals surface area contributed by atoms with E-state index in [1.165, 1.54) is 6.92 Å². The Balaban J connectivity index is 2.38. The number of hydrogen-bond donors (Lipinski definition) is 2. The zero-order valence-electron chi connectivity index (χ0n) is 10.6. The van der Waals surface area contributed by atoms with Crippen LogP contribution < -0.4 is 10.9 Å². The number of aliphatic carboxylic acids is 1. The molecule has 20 heavy (non-hydrogen) atoms. The second-order valence-electron chi connectivity index (χ2n) is 4.19. The van der Waals surface area contributed by atoms with Crippen molar-refractivity contribution in [3.63, 3.8) is 0 Å². The van der Waals surface area contributed by atoms with E-state index < -0.39 is 23.5 Å². The molecule has 0 radical (unpaired) electrons. The summed E-state index contributed by atoms with van der Waals surface area (Å²) < 4.78 is 0.928. The number of carbonyl (C=O) groups excluding carboxylic acids is 1. The molecular formula is C12H12N4O4. The zero-order valence-corrected chi connectivity index (χ0v) is 10.6. The van der Waals surface area contributed by atoms with Gasteiger partial charge < -0.3 is 10.4 Å². The van der Waals surface area contributed by atoms with Crippen molar-refractivity contribution in [2.45, 2.75) is 19.5 Å². The average Bonchev–Trinajstić information content (AvgIpc) is 2.40. The van der Waals surface area contributed by atoms with Gasteiger partial charge in [0.25, 0.3) is 5.56 Å². The number of carboxylic acid groups (broad SMARTS) is 1. The van der Waals surface area contributed by atoms with Gasteiger partial charge in [-0.15, -0.1) is 5.10 Å². The molecule has 0 aliphatic rings. The summed E-state index contributed by atoms with van der Waals surface area (Å²) >= 11 is 0. The fourth-order valence-electron chi connectivity index (χ4n) is 1.75. The van der Waals surface area contributed by atoms with Gasteiger partial charge >= 0.3 is 5.97 Å². The van der Waals surface area contributed by atoms with E-state index in [9.17, 15) is 14.4 Å². The summed E-state index contributed by atoms with van der Waals surface area (Å²) in [6.45, 7) is 0.913. The molecule has 1 heterocycles. The molecule has 0 aliphatic carbocycles. The van der Waals surface area contributed by atoms with E-state index in [0.29, 0.717) is 10.9 Å². The maximum Gasteiger partial charge on any atom is 0.328 e. The van der Waals surface area contributed by atoms with Crippen LogP contribution in [0.5, 0.6) is 0 Å². The van der Waals surface area contributed by atoms with Gasteiger partial charge in [0, 0.05) is 6.92 Å². The first kappa shape index (κ1) is 13.7. The number of amides is 1. The molecule has 1 amide bonds. The smallest absolute Gasteiger partial charge is 0.328 e. The quantitative estimate of drug-likeness (QED) is 0.769. The lowest BCUT2D eigenvalue weighted by molar-refractivity contribution is -0.142. The van der Waals surface area contributed by atoms with E-state index in [1.807, 2.05) is 0 Å². The van der Waals surface area contributed by atoms with Crippen LogP contribution in [0.3, 0.4) is 0 Å². The Bertz CT molecular complexity index is 725. The topological polar surface area (TPSA) is 114 Å². The van der Waals surface area contributed by atoms with E-state index >= 15 is 0 Å². The Morgan fingerprint density at radius 3 is 2.75 bits per heavy atom. The van der Waals surface area contributed by atoms with Crippen LogP contribution in [0.2, 0.25) is 0 Å². The summed E-state index contributed by atoms with van der Waals surface area (Å²) in [5, 5.41) is 19.1. The number of hydrogen-bond acceptors (Lipinski definition) is 5. The van der Waals surface area contributed by atoms with Gasteiger partial charge in [-0.3, -0.25) is 9.59 Å². The molecular weight excluding hydrogens is 264 g/mol. The zero-order chi connectivity index (χ0) is 14.7. The summed E-state index contributed by atoms with van der Waals surface area (Å²) in [4.78, 5) is 34.1. The van der Waals surface area contributed by atoms with Crippen molar-refractivity contribution < 1.29 is 14.7 Å². The van der Waals surface area contributed by atoms with Crippen LogP contribution in [0.25, 0.3) is 10.9 Å². The van der Waals surface area contributed by atoms with Gasteiger partial charge in [0.15, 0.2) is 0 Å². The summed E-state index contributed by atoms with van der Waals surface area (Å²) in [5.41, 5.74) is -0.0210. The van der Waals surface area contributed by atoms with Crippen molar-refractivity contribution in [2.75, 3.05) is 0 Å². The van der Waals surface area contributed by atoms with Crippen LogP contribution in [-0.2, 0) is 16.1 Å². The number of nitrogens with one attached hydrogen (secondary N) is 1. The lowest BCUT2D eigenvalue weighted by Crippen LogP contribution is -2.45. The van der Waals surface area contributed by atoms with Crippen LogP contribution in [-0.4, -0.2) is 38.0 Å². The monoisotopic (exact) mass is 276 g/mol. The van der Waals surface area contributed by atoms with E-state index in [0.717, 1.165) is 4.68 Å². The van der Waals surface area contributed by atoms with Crippen LogP contribution in [0.15, 0.2) is 29.1 Å². The van der Waals surface area contributed by atoms with Crippen LogP contribution in [0.4, 0.5) is 0 Å². The molecule has 0 bridgehead atoms. The van der Waals surface area contributed by atoms with E-state index in [4.69, 9.17) is 5.11 Å². The van der Waals surface area contributed by atoms with E-state index in [1.54, 1.807) is 24.3 Å². The number of rotatable bonds is 4. The summed E-state index contributed by atoms with van der Waals surface area (Å²) in [5.74, 6) is -1.75. The predicted molar refractivity (Wildman–Crippen MR) is 69.0 cm³/mol. The van der Waals surface area contributed by atoms with Gasteiger partial charge in [-0.2, -0.15) is 0 Å². The number of benzene rings is 1. The standard InChI is InChI=1S/C12H12N4O4/c1-7(17)13-10(12(19)20)6-16-11(18)8-4-2-3-5-9(8)14-15-16/h2-5,10H,6H2,1H3,(H,13,17)(H,19,20). The third-order valence-corrected chi connectivity index (χ3v) is 2.66. The summed E-state index contributed by atoms with van der Waals surface area (Å²) in [6.07, 6.45) is 0. The van der Waals surface area contributed by atoms with Gasteiger partial charge in [-0.05, 0) is 12.1 Å². The van der Waals surface area contributed by atoms with Crippen molar-refractivity contribution in [1.29, 1.82) is 0 Å². The highest BCUT2D eigenvalue weighted by Gasteiger charge is 2.20. The van der Waals surface area contributed by atoms with E-state index in [-0.39, 0.29) is 6.54 Å². The fourth-order valence-corrected chi connectivity index (χ4v) is 1.75. The van der Waals surface area contributed by atoms with Crippen LogP contribution in [0.1, 0.15) is 6.92 Å². The summed E-state index contributed by atoms with van der Waals surface area (Å²) in [7, 11) is 0. The number of carbonyl (C=O) groups is 2. The van der Waals surface area contributed by atoms with Crippen molar-refractivity contribution in [3.8, 4) is 0 Å². The largest absolute Gasteiger partial charge is 0.480 e. The SMILES string of the molecule is CC(=O)NC(Cn1nnc2ccccc2c1=O)C(=O)O. The third kappa shape index (κ3) is 2.79.